The van der Waals surface area contributed by atoms with Crippen LogP contribution in [0.15, 0.2) is 53.3 Å². The molecule has 0 aliphatic carbocycles. The summed E-state index contributed by atoms with van der Waals surface area (Å²) < 4.78 is 13.6. The number of amides is 2. The van der Waals surface area contributed by atoms with E-state index in [2.05, 4.69) is 20.2 Å². The van der Waals surface area contributed by atoms with Crippen LogP contribution in [0.25, 0.3) is 10.9 Å². The van der Waals surface area contributed by atoms with Gasteiger partial charge in [0, 0.05) is 32.7 Å². The van der Waals surface area contributed by atoms with Gasteiger partial charge in [0.2, 0.25) is 0 Å². The van der Waals surface area contributed by atoms with Crippen LogP contribution in [0.4, 0.5) is 9.18 Å². The molecule has 156 valence electrons. The minimum absolute atomic E-state index is 0.136. The zero-order chi connectivity index (χ0) is 20.9. The Balaban J connectivity index is 1.26. The second-order valence-electron chi connectivity index (χ2n) is 7.37. The number of H-pyrrole nitrogens is 1. The van der Waals surface area contributed by atoms with Crippen molar-refractivity contribution in [2.75, 3.05) is 32.7 Å². The van der Waals surface area contributed by atoms with Gasteiger partial charge in [0.05, 0.1) is 17.4 Å². The van der Waals surface area contributed by atoms with Crippen molar-refractivity contribution in [2.45, 2.75) is 13.0 Å². The van der Waals surface area contributed by atoms with Gasteiger partial charge >= 0.3 is 6.03 Å². The molecule has 2 heterocycles. The number of halogens is 1. The first-order valence-electron chi connectivity index (χ1n) is 10.1. The smallest absolute Gasteiger partial charge is 0.317 e. The van der Waals surface area contributed by atoms with E-state index in [1.165, 1.54) is 6.07 Å². The molecule has 30 heavy (non-hydrogen) atoms. The topological polar surface area (TPSA) is 81.3 Å². The van der Waals surface area contributed by atoms with Crippen molar-refractivity contribution < 1.29 is 9.18 Å². The van der Waals surface area contributed by atoms with Crippen LogP contribution < -0.4 is 10.9 Å². The summed E-state index contributed by atoms with van der Waals surface area (Å²) in [7, 11) is 0. The lowest BCUT2D eigenvalue weighted by Crippen LogP contribution is -2.51. The van der Waals surface area contributed by atoms with Crippen LogP contribution in [0.1, 0.15) is 11.4 Å². The molecule has 3 aromatic rings. The third-order valence-corrected chi connectivity index (χ3v) is 5.32. The number of aromatic nitrogens is 2. The molecule has 1 aliphatic rings. The third kappa shape index (κ3) is 4.65. The molecule has 1 saturated heterocycles. The van der Waals surface area contributed by atoms with Gasteiger partial charge in [0.15, 0.2) is 0 Å². The van der Waals surface area contributed by atoms with E-state index in [4.69, 9.17) is 0 Å². The molecule has 8 heteroatoms. The Bertz CT molecular complexity index is 1090. The van der Waals surface area contributed by atoms with Crippen molar-refractivity contribution in [1.82, 2.24) is 25.1 Å². The number of piperazine rings is 1. The molecule has 2 amide bonds. The van der Waals surface area contributed by atoms with Crippen molar-refractivity contribution in [3.05, 3.63) is 76.1 Å². The first-order valence-corrected chi connectivity index (χ1v) is 10.1. The molecule has 2 N–H and O–H groups in total. The van der Waals surface area contributed by atoms with Crippen molar-refractivity contribution in [3.63, 3.8) is 0 Å². The number of para-hydroxylation sites is 1. The number of carbonyl (C=O) groups excluding carboxylic acids is 1. The van der Waals surface area contributed by atoms with Gasteiger partial charge in [-0.15, -0.1) is 0 Å². The molecular weight excluding hydrogens is 385 g/mol. The molecule has 1 aromatic heterocycles. The van der Waals surface area contributed by atoms with Crippen LogP contribution in [0.2, 0.25) is 0 Å². The molecule has 0 saturated carbocycles. The Hall–Kier alpha value is -3.26. The summed E-state index contributed by atoms with van der Waals surface area (Å²) in [5.41, 5.74) is 1.15. The van der Waals surface area contributed by atoms with E-state index in [0.717, 1.165) is 0 Å². The number of carbonyl (C=O) groups is 1. The Morgan fingerprint density at radius 1 is 1.07 bits per heavy atom. The number of nitrogens with one attached hydrogen (secondary N) is 2. The zero-order valence-electron chi connectivity index (χ0n) is 16.6. The van der Waals surface area contributed by atoms with E-state index in [-0.39, 0.29) is 17.4 Å². The summed E-state index contributed by atoms with van der Waals surface area (Å²) in [6.45, 7) is 3.48. The highest BCUT2D eigenvalue weighted by Crippen LogP contribution is 2.10. The average molecular weight is 409 g/mol. The minimum Gasteiger partial charge on any atom is -0.338 e. The number of nitrogens with zero attached hydrogens (tertiary/aromatic N) is 3. The molecule has 0 atom stereocenters. The number of benzene rings is 2. The lowest BCUT2D eigenvalue weighted by atomic mass is 10.1. The number of hydrogen-bond donors (Lipinski definition) is 2. The van der Waals surface area contributed by atoms with Gasteiger partial charge in [0.1, 0.15) is 11.6 Å². The summed E-state index contributed by atoms with van der Waals surface area (Å²) >= 11 is 0. The summed E-state index contributed by atoms with van der Waals surface area (Å²) in [5, 5.41) is 3.44. The lowest BCUT2D eigenvalue weighted by Gasteiger charge is -2.34. The molecular formula is C22H24FN5O2. The largest absolute Gasteiger partial charge is 0.338 e. The second kappa shape index (κ2) is 9.04. The molecule has 7 nitrogen and oxygen atoms in total. The summed E-state index contributed by atoms with van der Waals surface area (Å²) in [6.07, 6.45) is 0.458. The quantitative estimate of drug-likeness (QED) is 0.677. The fourth-order valence-electron chi connectivity index (χ4n) is 3.65. The normalized spacial score (nSPS) is 14.8. The van der Waals surface area contributed by atoms with Gasteiger partial charge in [0.25, 0.3) is 5.56 Å². The third-order valence-electron chi connectivity index (χ3n) is 5.32. The van der Waals surface area contributed by atoms with Crippen LogP contribution >= 0.6 is 0 Å². The number of hydrogen-bond acceptors (Lipinski definition) is 4. The predicted molar refractivity (Wildman–Crippen MR) is 113 cm³/mol. The summed E-state index contributed by atoms with van der Waals surface area (Å²) in [6, 6.07) is 13.7. The fourth-order valence-corrected chi connectivity index (χ4v) is 3.65. The summed E-state index contributed by atoms with van der Waals surface area (Å²) in [4.78, 5) is 35.9. The maximum absolute atomic E-state index is 13.6. The monoisotopic (exact) mass is 409 g/mol. The van der Waals surface area contributed by atoms with Gasteiger partial charge in [-0.25, -0.2) is 14.2 Å². The zero-order valence-corrected chi connectivity index (χ0v) is 16.6. The lowest BCUT2D eigenvalue weighted by molar-refractivity contribution is 0.133. The maximum Gasteiger partial charge on any atom is 0.317 e. The van der Waals surface area contributed by atoms with Crippen molar-refractivity contribution in [2.24, 2.45) is 0 Å². The molecule has 0 bridgehead atoms. The Labute approximate surface area is 173 Å². The fraction of sp³-hybridized carbons (Fsp3) is 0.318. The van der Waals surface area contributed by atoms with E-state index in [0.29, 0.717) is 68.0 Å². The van der Waals surface area contributed by atoms with Crippen molar-refractivity contribution >= 4 is 16.9 Å². The highest BCUT2D eigenvalue weighted by Gasteiger charge is 2.21. The standard InChI is InChI=1S/C22H24FN5O2/c23-18-7-3-1-5-16(18)9-10-24-22(30)28-13-11-27(12-14-28)15-20-25-19-8-4-2-6-17(19)21(29)26-20/h1-8H,9-15H2,(H,24,30)(H,25,26,29). The Kier molecular flexibility index (Phi) is 6.04. The molecule has 4 rings (SSSR count). The van der Waals surface area contributed by atoms with Gasteiger partial charge < -0.3 is 15.2 Å². The van der Waals surface area contributed by atoms with E-state index in [1.807, 2.05) is 18.2 Å². The average Bonchev–Trinajstić information content (AvgIpc) is 2.75. The van der Waals surface area contributed by atoms with Crippen LogP contribution in [0.3, 0.4) is 0 Å². The second-order valence-corrected chi connectivity index (χ2v) is 7.37. The Morgan fingerprint density at radius 3 is 2.60 bits per heavy atom. The molecule has 1 fully saturated rings. The molecule has 0 unspecified atom stereocenters. The first kappa shape index (κ1) is 20.0. The van der Waals surface area contributed by atoms with Crippen LogP contribution in [0, 0.1) is 5.82 Å². The minimum atomic E-state index is -0.249. The van der Waals surface area contributed by atoms with Crippen LogP contribution in [-0.2, 0) is 13.0 Å². The number of fused-ring (bicyclic) bond motifs is 1. The van der Waals surface area contributed by atoms with Crippen LogP contribution in [0.5, 0.6) is 0 Å². The van der Waals surface area contributed by atoms with E-state index < -0.39 is 0 Å². The molecule has 0 radical (unpaired) electrons. The number of rotatable bonds is 5. The van der Waals surface area contributed by atoms with E-state index >= 15 is 0 Å². The Morgan fingerprint density at radius 2 is 1.80 bits per heavy atom. The highest BCUT2D eigenvalue weighted by molar-refractivity contribution is 5.77. The number of urea groups is 1. The molecule has 2 aromatic carbocycles. The van der Waals surface area contributed by atoms with Crippen molar-refractivity contribution in [3.8, 4) is 0 Å². The van der Waals surface area contributed by atoms with Gasteiger partial charge in [-0.2, -0.15) is 0 Å². The summed E-state index contributed by atoms with van der Waals surface area (Å²) in [5.74, 6) is 0.377. The molecule has 0 spiro atoms. The van der Waals surface area contributed by atoms with Crippen LogP contribution in [-0.4, -0.2) is 58.5 Å². The van der Waals surface area contributed by atoms with Gasteiger partial charge in [-0.3, -0.25) is 9.69 Å². The SMILES string of the molecule is O=C(NCCc1ccccc1F)N1CCN(Cc2nc3ccccc3c(=O)[nH]2)CC1. The van der Waals surface area contributed by atoms with E-state index in [1.54, 1.807) is 29.2 Å². The first-order chi connectivity index (χ1) is 14.6. The van der Waals surface area contributed by atoms with Gasteiger partial charge in [-0.05, 0) is 30.2 Å². The van der Waals surface area contributed by atoms with Crippen molar-refractivity contribution in [1.29, 1.82) is 0 Å². The molecule has 1 aliphatic heterocycles. The highest BCUT2D eigenvalue weighted by atomic mass is 19.1. The van der Waals surface area contributed by atoms with E-state index in [9.17, 15) is 14.0 Å². The maximum atomic E-state index is 13.6. The predicted octanol–water partition coefficient (Wildman–Crippen LogP) is 2.13. The number of aromatic amines is 1. The van der Waals surface area contributed by atoms with Gasteiger partial charge in [-0.1, -0.05) is 30.3 Å².